The van der Waals surface area contributed by atoms with E-state index in [0.717, 1.165) is 42.9 Å². The summed E-state index contributed by atoms with van der Waals surface area (Å²) in [6.45, 7) is 4.28. The Morgan fingerprint density at radius 3 is 1.44 bits per heavy atom. The predicted molar refractivity (Wildman–Crippen MR) is 220 cm³/mol. The minimum atomic E-state index is -0.508. The molecule has 5 rings (SSSR count). The molecule has 0 spiro atoms. The molecular formula is C44H60N4O6. The van der Waals surface area contributed by atoms with Gasteiger partial charge in [-0.1, -0.05) is 87.4 Å². The fourth-order valence-corrected chi connectivity index (χ4v) is 5.27. The van der Waals surface area contributed by atoms with Gasteiger partial charge in [-0.15, -0.1) is 0 Å². The largest absolute Gasteiger partial charge is 0.497 e. The number of methoxy groups -OCH3 is 2. The van der Waals surface area contributed by atoms with Gasteiger partial charge in [0, 0.05) is 38.7 Å². The average molecular weight is 741 g/mol. The highest BCUT2D eigenvalue weighted by Crippen LogP contribution is 2.30. The summed E-state index contributed by atoms with van der Waals surface area (Å²) >= 11 is 0. The number of hydrazine groups is 1. The smallest absolute Gasteiger partial charge is 0.224 e. The van der Waals surface area contributed by atoms with Gasteiger partial charge in [0.15, 0.2) is 12.1 Å². The Morgan fingerprint density at radius 1 is 0.685 bits per heavy atom. The van der Waals surface area contributed by atoms with E-state index in [1.165, 1.54) is 16.8 Å². The maximum Gasteiger partial charge on any atom is 0.224 e. The molecule has 10 nitrogen and oxygen atoms in total. The number of carbonyl (C=O) groups is 4. The lowest BCUT2D eigenvalue weighted by molar-refractivity contribution is -0.139. The molecule has 292 valence electrons. The number of anilines is 2. The van der Waals surface area contributed by atoms with Crippen molar-refractivity contribution in [3.63, 3.8) is 0 Å². The lowest BCUT2D eigenvalue weighted by Gasteiger charge is -2.27. The van der Waals surface area contributed by atoms with Gasteiger partial charge in [0.1, 0.15) is 17.8 Å². The predicted octanol–water partition coefficient (Wildman–Crippen LogP) is 7.14. The molecule has 0 aliphatic heterocycles. The third-order valence-corrected chi connectivity index (χ3v) is 8.51. The molecule has 0 heterocycles. The highest BCUT2D eigenvalue weighted by Gasteiger charge is 2.35. The van der Waals surface area contributed by atoms with Crippen molar-refractivity contribution in [3.8, 4) is 11.5 Å². The molecule has 0 radical (unpaired) electrons. The molecule has 2 atom stereocenters. The Hall–Kier alpha value is -5.48. The summed E-state index contributed by atoms with van der Waals surface area (Å²) in [5, 5.41) is 3.99. The summed E-state index contributed by atoms with van der Waals surface area (Å²) in [6.07, 6.45) is 6.09. The molecule has 2 unspecified atom stereocenters. The minimum Gasteiger partial charge on any atom is -0.497 e. The number of aryl methyl sites for hydroxylation is 2. The van der Waals surface area contributed by atoms with E-state index in [4.69, 9.17) is 15.3 Å². The molecule has 4 aromatic rings. The zero-order valence-corrected chi connectivity index (χ0v) is 33.1. The first-order chi connectivity index (χ1) is 26.0. The molecule has 0 aromatic heterocycles. The second-order valence-electron chi connectivity index (χ2n) is 12.5. The number of hydrogen-bond donors (Lipinski definition) is 2. The number of nitrogens with one attached hydrogen (secondary N) is 1. The van der Waals surface area contributed by atoms with E-state index in [0.29, 0.717) is 19.1 Å². The molecule has 0 saturated heterocycles. The van der Waals surface area contributed by atoms with Crippen LogP contribution in [0.3, 0.4) is 0 Å². The van der Waals surface area contributed by atoms with Crippen LogP contribution in [-0.4, -0.2) is 66.2 Å². The summed E-state index contributed by atoms with van der Waals surface area (Å²) in [6, 6.07) is 36.4. The average Bonchev–Trinajstić information content (AvgIpc) is 3.24. The van der Waals surface area contributed by atoms with Crippen molar-refractivity contribution in [2.45, 2.75) is 52.4 Å². The maximum absolute atomic E-state index is 11.6. The van der Waals surface area contributed by atoms with Gasteiger partial charge in [0.25, 0.3) is 0 Å². The highest BCUT2D eigenvalue weighted by atomic mass is 16.5. The summed E-state index contributed by atoms with van der Waals surface area (Å²) in [5.74, 6) is 5.48. The summed E-state index contributed by atoms with van der Waals surface area (Å²) < 4.78 is 10.0. The quantitative estimate of drug-likeness (QED) is 0.0713. The van der Waals surface area contributed by atoms with Gasteiger partial charge in [0.2, 0.25) is 5.91 Å². The molecule has 54 heavy (non-hydrogen) atoms. The Morgan fingerprint density at radius 2 is 1.11 bits per heavy atom. The lowest BCUT2D eigenvalue weighted by Crippen LogP contribution is -2.40. The van der Waals surface area contributed by atoms with Crippen LogP contribution >= 0.6 is 0 Å². The number of carbonyl (C=O) groups excluding carboxylic acids is 4. The van der Waals surface area contributed by atoms with Gasteiger partial charge in [-0.25, -0.2) is 5.84 Å². The highest BCUT2D eigenvalue weighted by molar-refractivity contribution is 6.26. The monoisotopic (exact) mass is 740 g/mol. The molecule has 1 aliphatic carbocycles. The maximum atomic E-state index is 11.6. The molecule has 1 amide bonds. The van der Waals surface area contributed by atoms with Crippen molar-refractivity contribution in [3.05, 3.63) is 120 Å². The van der Waals surface area contributed by atoms with Crippen LogP contribution in [0.4, 0.5) is 11.4 Å². The van der Waals surface area contributed by atoms with Crippen LogP contribution in [0.1, 0.15) is 50.7 Å². The number of Topliss-reactive ketones (excluding diaryl/α,β-unsaturated/α-hetero) is 1. The third-order valence-electron chi connectivity index (χ3n) is 8.51. The fraction of sp³-hybridized carbons (Fsp3) is 0.364. The van der Waals surface area contributed by atoms with E-state index >= 15 is 0 Å². The number of nitrogens with zero attached hydrogens (tertiary/aromatic N) is 2. The van der Waals surface area contributed by atoms with Crippen molar-refractivity contribution >= 4 is 35.6 Å². The molecule has 1 fully saturated rings. The van der Waals surface area contributed by atoms with Crippen molar-refractivity contribution < 1.29 is 28.7 Å². The second kappa shape index (κ2) is 28.1. The van der Waals surface area contributed by atoms with E-state index in [2.05, 4.69) is 72.6 Å². The van der Waals surface area contributed by atoms with Gasteiger partial charge in [-0.05, 0) is 85.3 Å². The van der Waals surface area contributed by atoms with Crippen LogP contribution in [0, 0.1) is 11.8 Å². The number of nitrogens with two attached hydrogens (primary N) is 1. The Balaban J connectivity index is 0.000000346. The lowest BCUT2D eigenvalue weighted by atomic mass is 9.76. The van der Waals surface area contributed by atoms with Crippen LogP contribution in [0.2, 0.25) is 0 Å². The summed E-state index contributed by atoms with van der Waals surface area (Å²) in [5.41, 5.74) is 4.97. The molecular weight excluding hydrogens is 681 g/mol. The number of hydrogen-bond acceptors (Lipinski definition) is 9. The van der Waals surface area contributed by atoms with Crippen molar-refractivity contribution in [1.82, 2.24) is 5.32 Å². The molecule has 10 heteroatoms. The number of ether oxygens (including phenoxy) is 2. The van der Waals surface area contributed by atoms with Gasteiger partial charge in [-0.2, -0.15) is 0 Å². The Kier molecular flexibility index (Phi) is 24.2. The van der Waals surface area contributed by atoms with Gasteiger partial charge in [0.05, 0.1) is 26.5 Å². The molecule has 4 aromatic carbocycles. The molecule has 1 saturated carbocycles. The molecule has 0 bridgehead atoms. The van der Waals surface area contributed by atoms with Crippen LogP contribution < -0.4 is 30.5 Å². The van der Waals surface area contributed by atoms with Crippen LogP contribution in [-0.2, 0) is 32.0 Å². The fourth-order valence-electron chi connectivity index (χ4n) is 5.27. The van der Waals surface area contributed by atoms with Gasteiger partial charge < -0.3 is 29.5 Å². The van der Waals surface area contributed by atoms with E-state index < -0.39 is 17.6 Å². The first kappa shape index (κ1) is 46.5. The summed E-state index contributed by atoms with van der Waals surface area (Å²) in [4.78, 5) is 45.6. The van der Waals surface area contributed by atoms with Gasteiger partial charge >= 0.3 is 0 Å². The van der Waals surface area contributed by atoms with E-state index in [9.17, 15) is 19.2 Å². The zero-order chi connectivity index (χ0) is 40.1. The molecule has 1 aliphatic rings. The number of amides is 1. The minimum absolute atomic E-state index is 0.0443. The van der Waals surface area contributed by atoms with Gasteiger partial charge in [-0.3, -0.25) is 14.4 Å². The topological polar surface area (TPSA) is 131 Å². The normalized spacial score (nSPS) is 13.8. The van der Waals surface area contributed by atoms with Crippen molar-refractivity contribution in [2.75, 3.05) is 51.8 Å². The summed E-state index contributed by atoms with van der Waals surface area (Å²) in [7, 11) is 9.14. The zero-order valence-electron chi connectivity index (χ0n) is 33.1. The molecule has 3 N–H and O–H groups in total. The number of aldehydes is 2. The Labute approximate surface area is 322 Å². The third kappa shape index (κ3) is 18.8. The Bertz CT molecular complexity index is 1490. The van der Waals surface area contributed by atoms with Crippen molar-refractivity contribution in [2.24, 2.45) is 17.7 Å². The van der Waals surface area contributed by atoms with Crippen LogP contribution in [0.25, 0.3) is 0 Å². The number of rotatable bonds is 11. The SMILES string of the molecule is CCc1ccccc1.CCc1ccccc1.COc1ccc(N(C)C)cc1.COc1ccc(N(C)N)cc1.O=CCNC(=O)C1CCCCC1C(=O)C=O. The number of ketones is 1. The number of benzene rings is 4. The van der Waals surface area contributed by atoms with Crippen molar-refractivity contribution in [1.29, 1.82) is 0 Å². The standard InChI is InChI=1S/C11H15NO4.C9H13NO.C8H12N2O.2C8H10/c13-6-5-12-11(16)9-4-2-1-3-8(9)10(15)7-14;1-10(2)8-4-6-9(11-3)7-5-8;1-10(9)7-3-5-8(11-2)6-4-7;2*1-2-8-6-4-3-5-7-8/h6-9H,1-5H2,(H,12,16);4-7H,1-3H3;3-6H,9H2,1-2H3;2*3-7H,2H2,1H3. The first-order valence-corrected chi connectivity index (χ1v) is 18.3. The van der Waals surface area contributed by atoms with E-state index in [1.54, 1.807) is 26.3 Å². The second-order valence-corrected chi connectivity index (χ2v) is 12.5. The van der Waals surface area contributed by atoms with Crippen LogP contribution in [0.15, 0.2) is 109 Å². The van der Waals surface area contributed by atoms with E-state index in [-0.39, 0.29) is 18.7 Å². The first-order valence-electron chi connectivity index (χ1n) is 18.3. The van der Waals surface area contributed by atoms with E-state index in [1.807, 2.05) is 74.8 Å². The van der Waals surface area contributed by atoms with Crippen LogP contribution in [0.5, 0.6) is 11.5 Å².